The Balaban J connectivity index is 2.29. The maximum atomic E-state index is 12.2. The van der Waals surface area contributed by atoms with Crippen molar-refractivity contribution in [3.8, 4) is 11.5 Å². The topological polar surface area (TPSA) is 99.6 Å². The number of ether oxygens (including phenoxy) is 3. The van der Waals surface area contributed by atoms with Crippen LogP contribution in [0.1, 0.15) is 32.6 Å². The second kappa shape index (κ2) is 8.04. The van der Waals surface area contributed by atoms with Gasteiger partial charge in [0.15, 0.2) is 11.8 Å². The molecular formula is C20H28N2O6Si. The predicted octanol–water partition coefficient (Wildman–Crippen LogP) is 2.50. The van der Waals surface area contributed by atoms with Crippen molar-refractivity contribution < 1.29 is 19.0 Å². The summed E-state index contributed by atoms with van der Waals surface area (Å²) in [5.74, 6) is 3.08. The van der Waals surface area contributed by atoms with Crippen molar-refractivity contribution in [2.45, 2.75) is 64.8 Å². The van der Waals surface area contributed by atoms with Crippen molar-refractivity contribution in [3.05, 3.63) is 44.8 Å². The molecule has 0 spiro atoms. The Hall–Kier alpha value is -2.57. The Morgan fingerprint density at radius 3 is 2.59 bits per heavy atom. The third-order valence-corrected chi connectivity index (χ3v) is 4.60. The summed E-state index contributed by atoms with van der Waals surface area (Å²) in [7, 11) is -1.76. The average molecular weight is 421 g/mol. The Bertz CT molecular complexity index is 984. The highest BCUT2D eigenvalue weighted by molar-refractivity contribution is 6.83. The van der Waals surface area contributed by atoms with Crippen molar-refractivity contribution in [3.63, 3.8) is 0 Å². The number of aryl methyl sites for hydroxylation is 1. The van der Waals surface area contributed by atoms with Crippen LogP contribution in [0.5, 0.6) is 0 Å². The normalized spacial score (nSPS) is 21.4. The Morgan fingerprint density at radius 2 is 2.00 bits per heavy atom. The van der Waals surface area contributed by atoms with Gasteiger partial charge in [-0.3, -0.25) is 14.3 Å². The number of carbonyl (C=O) groups is 1. The number of aromatic amines is 1. The van der Waals surface area contributed by atoms with Crippen LogP contribution in [0.15, 0.2) is 27.9 Å². The van der Waals surface area contributed by atoms with Crippen LogP contribution in [0.25, 0.3) is 0 Å². The molecule has 0 fully saturated rings. The van der Waals surface area contributed by atoms with Crippen molar-refractivity contribution >= 4 is 14.2 Å². The summed E-state index contributed by atoms with van der Waals surface area (Å²) in [5.41, 5.74) is 0.632. The largest absolute Gasteiger partial charge is 0.508 e. The number of rotatable bonds is 3. The van der Waals surface area contributed by atoms with Crippen molar-refractivity contribution in [1.29, 1.82) is 0 Å². The first-order valence-corrected chi connectivity index (χ1v) is 12.8. The minimum absolute atomic E-state index is 0.191. The summed E-state index contributed by atoms with van der Waals surface area (Å²) >= 11 is 0. The van der Waals surface area contributed by atoms with Crippen LogP contribution in [-0.2, 0) is 14.2 Å². The SMILES string of the molecule is Cc1cn([C@H]2C=C[C@@](C#C[Si](C)(C)C)(COC(=O)OC(C)(C)C)O2)c(=O)[nH]c1=O. The van der Waals surface area contributed by atoms with Gasteiger partial charge in [-0.15, -0.1) is 5.54 Å². The summed E-state index contributed by atoms with van der Waals surface area (Å²) in [6, 6.07) is 0. The van der Waals surface area contributed by atoms with E-state index in [1.165, 1.54) is 10.8 Å². The van der Waals surface area contributed by atoms with Gasteiger partial charge in [-0.1, -0.05) is 25.6 Å². The molecular weight excluding hydrogens is 392 g/mol. The first kappa shape index (κ1) is 22.7. The molecule has 1 aliphatic rings. The highest BCUT2D eigenvalue weighted by Crippen LogP contribution is 2.29. The summed E-state index contributed by atoms with van der Waals surface area (Å²) in [6.07, 6.45) is 3.12. The molecule has 8 nitrogen and oxygen atoms in total. The molecule has 2 rings (SSSR count). The minimum Gasteiger partial charge on any atom is -0.430 e. The van der Waals surface area contributed by atoms with Gasteiger partial charge >= 0.3 is 11.8 Å². The van der Waals surface area contributed by atoms with Crippen LogP contribution < -0.4 is 11.2 Å². The van der Waals surface area contributed by atoms with Crippen LogP contribution >= 0.6 is 0 Å². The number of nitrogens with zero attached hydrogens (tertiary/aromatic N) is 1. The summed E-state index contributed by atoms with van der Waals surface area (Å²) in [5, 5.41) is 0. The Kier molecular flexibility index (Phi) is 6.30. The fraction of sp³-hybridized carbons (Fsp3) is 0.550. The minimum atomic E-state index is -1.76. The third-order valence-electron chi connectivity index (χ3n) is 3.72. The van der Waals surface area contributed by atoms with Gasteiger partial charge in [0.1, 0.15) is 20.3 Å². The van der Waals surface area contributed by atoms with E-state index in [0.717, 1.165) is 0 Å². The van der Waals surface area contributed by atoms with Gasteiger partial charge in [-0.2, -0.15) is 0 Å². The van der Waals surface area contributed by atoms with Gasteiger partial charge in [0.05, 0.1) is 0 Å². The molecule has 1 aromatic rings. The lowest BCUT2D eigenvalue weighted by Crippen LogP contribution is -2.38. The van der Waals surface area contributed by atoms with Crippen molar-refractivity contribution in [2.24, 2.45) is 0 Å². The zero-order valence-electron chi connectivity index (χ0n) is 17.9. The van der Waals surface area contributed by atoms with Gasteiger partial charge in [-0.05, 0) is 39.8 Å². The molecule has 1 N–H and O–H groups in total. The van der Waals surface area contributed by atoms with E-state index >= 15 is 0 Å². The number of H-pyrrole nitrogens is 1. The zero-order chi connectivity index (χ0) is 22.0. The number of aromatic nitrogens is 2. The highest BCUT2D eigenvalue weighted by atomic mass is 28.3. The van der Waals surface area contributed by atoms with Gasteiger partial charge in [0.2, 0.25) is 0 Å². The van der Waals surface area contributed by atoms with E-state index in [9.17, 15) is 14.4 Å². The first-order chi connectivity index (χ1) is 13.2. The molecule has 1 aliphatic heterocycles. The molecule has 2 heterocycles. The number of hydrogen-bond acceptors (Lipinski definition) is 6. The van der Waals surface area contributed by atoms with Crippen molar-refractivity contribution in [2.75, 3.05) is 6.61 Å². The lowest BCUT2D eigenvalue weighted by molar-refractivity contribution is -0.0732. The molecule has 29 heavy (non-hydrogen) atoms. The van der Waals surface area contributed by atoms with Crippen LogP contribution in [-0.4, -0.2) is 41.6 Å². The quantitative estimate of drug-likeness (QED) is 0.349. The molecule has 0 amide bonds. The lowest BCUT2D eigenvalue weighted by Gasteiger charge is -2.26. The van der Waals surface area contributed by atoms with Gasteiger partial charge in [0.25, 0.3) is 5.56 Å². The number of carbonyl (C=O) groups excluding carboxylic acids is 1. The maximum Gasteiger partial charge on any atom is 0.508 e. The smallest absolute Gasteiger partial charge is 0.430 e. The molecule has 0 saturated heterocycles. The summed E-state index contributed by atoms with van der Waals surface area (Å²) in [4.78, 5) is 38.0. The lowest BCUT2D eigenvalue weighted by atomic mass is 10.1. The second-order valence-corrected chi connectivity index (χ2v) is 13.7. The molecule has 0 aromatic carbocycles. The van der Waals surface area contributed by atoms with E-state index in [4.69, 9.17) is 14.2 Å². The third kappa shape index (κ3) is 6.47. The second-order valence-electron chi connectivity index (χ2n) is 8.99. The van der Waals surface area contributed by atoms with E-state index < -0.39 is 42.9 Å². The number of hydrogen-bond donors (Lipinski definition) is 1. The van der Waals surface area contributed by atoms with E-state index in [1.807, 2.05) is 0 Å². The van der Waals surface area contributed by atoms with Gasteiger partial charge in [0, 0.05) is 11.8 Å². The Morgan fingerprint density at radius 1 is 1.34 bits per heavy atom. The molecule has 9 heteroatoms. The summed E-state index contributed by atoms with van der Waals surface area (Å²) < 4.78 is 17.7. The standard InChI is InChI=1S/C20H28N2O6Si/c1-14-12-22(17(24)21-16(14)23)15-8-9-20(27-15,10-11-29(5,6)7)13-26-18(25)28-19(2,3)4/h8-9,12,15H,13H2,1-7H3,(H,21,23,24)/t15-,20-/m1/s1. The van der Waals surface area contributed by atoms with E-state index in [0.29, 0.717) is 5.56 Å². The maximum absolute atomic E-state index is 12.2. The fourth-order valence-corrected chi connectivity index (χ4v) is 2.97. The molecule has 0 unspecified atom stereocenters. The predicted molar refractivity (Wildman–Crippen MR) is 111 cm³/mol. The molecule has 1 aromatic heterocycles. The van der Waals surface area contributed by atoms with Crippen LogP contribution in [0.4, 0.5) is 4.79 Å². The number of nitrogens with one attached hydrogen (secondary N) is 1. The van der Waals surface area contributed by atoms with Gasteiger partial charge < -0.3 is 14.2 Å². The van der Waals surface area contributed by atoms with Crippen molar-refractivity contribution in [1.82, 2.24) is 9.55 Å². The van der Waals surface area contributed by atoms with Gasteiger partial charge in [-0.25, -0.2) is 9.59 Å². The first-order valence-electron chi connectivity index (χ1n) is 9.29. The molecule has 0 radical (unpaired) electrons. The molecule has 2 atom stereocenters. The fourth-order valence-electron chi connectivity index (χ4n) is 2.38. The van der Waals surface area contributed by atoms with E-state index in [-0.39, 0.29) is 6.61 Å². The molecule has 0 aliphatic carbocycles. The average Bonchev–Trinajstić information content (AvgIpc) is 2.97. The molecule has 0 bridgehead atoms. The van der Waals surface area contributed by atoms with E-state index in [1.54, 1.807) is 39.8 Å². The molecule has 0 saturated carbocycles. The van der Waals surface area contributed by atoms with Crippen LogP contribution in [0, 0.1) is 18.4 Å². The Labute approximate surface area is 170 Å². The zero-order valence-corrected chi connectivity index (χ0v) is 18.9. The highest BCUT2D eigenvalue weighted by Gasteiger charge is 2.38. The van der Waals surface area contributed by atoms with Crippen LogP contribution in [0.3, 0.4) is 0 Å². The van der Waals surface area contributed by atoms with Crippen LogP contribution in [0.2, 0.25) is 19.6 Å². The monoisotopic (exact) mass is 420 g/mol. The van der Waals surface area contributed by atoms with E-state index in [2.05, 4.69) is 36.1 Å². The molecule has 158 valence electrons. The summed E-state index contributed by atoms with van der Waals surface area (Å²) in [6.45, 7) is 12.9.